The third kappa shape index (κ3) is 2.34. The maximum Gasteiger partial charge on any atom is 0.150 e. The monoisotopic (exact) mass is 248 g/mol. The second-order valence-corrected chi connectivity index (χ2v) is 5.48. The van der Waals surface area contributed by atoms with Crippen molar-refractivity contribution in [3.05, 3.63) is 18.0 Å². The van der Waals surface area contributed by atoms with Gasteiger partial charge in [-0.2, -0.15) is 0 Å². The van der Waals surface area contributed by atoms with E-state index in [1.54, 1.807) is 6.20 Å². The molecule has 2 atom stereocenters. The SMILES string of the molecule is O=C1CCCCC1C1CCCN1Cc1ccno1. The predicted octanol–water partition coefficient (Wildman–Crippen LogP) is 2.40. The standard InChI is InChI=1S/C14H20N2O2/c17-14-6-2-1-4-12(14)13-5-3-9-16(13)10-11-7-8-15-18-11/h7-8,12-13H,1-6,9-10H2. The minimum absolute atomic E-state index is 0.268. The van der Waals surface area contributed by atoms with Gasteiger partial charge in [0.1, 0.15) is 5.78 Å². The van der Waals surface area contributed by atoms with E-state index in [4.69, 9.17) is 4.52 Å². The fourth-order valence-corrected chi connectivity index (χ4v) is 3.44. The minimum Gasteiger partial charge on any atom is -0.360 e. The van der Waals surface area contributed by atoms with Crippen LogP contribution >= 0.6 is 0 Å². The van der Waals surface area contributed by atoms with Crippen molar-refractivity contribution in [1.29, 1.82) is 0 Å². The number of carbonyl (C=O) groups excluding carboxylic acids is 1. The van der Waals surface area contributed by atoms with Gasteiger partial charge in [-0.1, -0.05) is 11.6 Å². The number of ketones is 1. The molecule has 1 aliphatic carbocycles. The van der Waals surface area contributed by atoms with Gasteiger partial charge in [0, 0.05) is 24.4 Å². The van der Waals surface area contributed by atoms with Gasteiger partial charge in [-0.25, -0.2) is 0 Å². The third-order valence-corrected chi connectivity index (χ3v) is 4.33. The van der Waals surface area contributed by atoms with Crippen molar-refractivity contribution in [2.45, 2.75) is 51.1 Å². The van der Waals surface area contributed by atoms with E-state index < -0.39 is 0 Å². The van der Waals surface area contributed by atoms with Crippen LogP contribution in [0.4, 0.5) is 0 Å². The lowest BCUT2D eigenvalue weighted by molar-refractivity contribution is -0.126. The Morgan fingerprint density at radius 2 is 2.28 bits per heavy atom. The maximum absolute atomic E-state index is 12.1. The molecule has 1 aromatic heterocycles. The van der Waals surface area contributed by atoms with Crippen molar-refractivity contribution < 1.29 is 9.32 Å². The Bertz CT molecular complexity index is 402. The first-order valence-corrected chi connectivity index (χ1v) is 7.01. The second-order valence-electron chi connectivity index (χ2n) is 5.48. The average molecular weight is 248 g/mol. The predicted molar refractivity (Wildman–Crippen MR) is 66.9 cm³/mol. The molecule has 18 heavy (non-hydrogen) atoms. The molecule has 98 valence electrons. The van der Waals surface area contributed by atoms with Gasteiger partial charge in [0.25, 0.3) is 0 Å². The molecule has 0 aromatic carbocycles. The molecular weight excluding hydrogens is 228 g/mol. The van der Waals surface area contributed by atoms with Gasteiger partial charge in [0.05, 0.1) is 12.7 Å². The first-order valence-electron chi connectivity index (χ1n) is 7.01. The van der Waals surface area contributed by atoms with Gasteiger partial charge >= 0.3 is 0 Å². The topological polar surface area (TPSA) is 46.3 Å². The normalized spacial score (nSPS) is 29.9. The molecule has 0 N–H and O–H groups in total. The van der Waals surface area contributed by atoms with E-state index >= 15 is 0 Å². The zero-order valence-electron chi connectivity index (χ0n) is 10.7. The van der Waals surface area contributed by atoms with E-state index in [9.17, 15) is 4.79 Å². The lowest BCUT2D eigenvalue weighted by Gasteiger charge is -2.32. The summed E-state index contributed by atoms with van der Waals surface area (Å²) in [5.74, 6) is 1.66. The highest BCUT2D eigenvalue weighted by atomic mass is 16.5. The number of Topliss-reactive ketones (excluding diaryl/α,β-unsaturated/α-hetero) is 1. The average Bonchev–Trinajstić information content (AvgIpc) is 3.02. The van der Waals surface area contributed by atoms with Crippen LogP contribution in [-0.2, 0) is 11.3 Å². The van der Waals surface area contributed by atoms with Crippen LogP contribution in [0.2, 0.25) is 0 Å². The summed E-state index contributed by atoms with van der Waals surface area (Å²) in [7, 11) is 0. The molecule has 0 amide bonds. The van der Waals surface area contributed by atoms with E-state index in [1.165, 1.54) is 12.8 Å². The van der Waals surface area contributed by atoms with Crippen LogP contribution in [0.1, 0.15) is 44.3 Å². The van der Waals surface area contributed by atoms with E-state index in [1.807, 2.05) is 6.07 Å². The largest absolute Gasteiger partial charge is 0.360 e. The van der Waals surface area contributed by atoms with Crippen molar-refractivity contribution in [2.24, 2.45) is 5.92 Å². The smallest absolute Gasteiger partial charge is 0.150 e. The number of rotatable bonds is 3. The van der Waals surface area contributed by atoms with Gasteiger partial charge in [-0.3, -0.25) is 9.69 Å². The Morgan fingerprint density at radius 1 is 1.33 bits per heavy atom. The lowest BCUT2D eigenvalue weighted by atomic mass is 9.82. The van der Waals surface area contributed by atoms with Gasteiger partial charge < -0.3 is 4.52 Å². The summed E-state index contributed by atoms with van der Waals surface area (Å²) in [6.45, 7) is 1.88. The summed E-state index contributed by atoms with van der Waals surface area (Å²) in [5.41, 5.74) is 0. The number of aromatic nitrogens is 1. The van der Waals surface area contributed by atoms with Crippen molar-refractivity contribution in [2.75, 3.05) is 6.54 Å². The van der Waals surface area contributed by atoms with Gasteiger partial charge in [-0.05, 0) is 32.2 Å². The molecule has 1 saturated carbocycles. The summed E-state index contributed by atoms with van der Waals surface area (Å²) >= 11 is 0. The van der Waals surface area contributed by atoms with E-state index in [2.05, 4.69) is 10.1 Å². The summed E-state index contributed by atoms with van der Waals surface area (Å²) in [6.07, 6.45) is 8.21. The summed E-state index contributed by atoms with van der Waals surface area (Å²) in [5, 5.41) is 3.75. The van der Waals surface area contributed by atoms with Crippen LogP contribution in [0.5, 0.6) is 0 Å². The van der Waals surface area contributed by atoms with Crippen LogP contribution in [0.25, 0.3) is 0 Å². The summed E-state index contributed by atoms with van der Waals surface area (Å²) in [6, 6.07) is 2.35. The Hall–Kier alpha value is -1.16. The van der Waals surface area contributed by atoms with Crippen molar-refractivity contribution in [3.8, 4) is 0 Å². The minimum atomic E-state index is 0.268. The number of hydrogen-bond donors (Lipinski definition) is 0. The highest BCUT2D eigenvalue weighted by Gasteiger charge is 2.36. The van der Waals surface area contributed by atoms with Gasteiger partial charge in [0.2, 0.25) is 0 Å². The molecule has 2 heterocycles. The highest BCUT2D eigenvalue weighted by molar-refractivity contribution is 5.82. The van der Waals surface area contributed by atoms with Crippen LogP contribution in [-0.4, -0.2) is 28.4 Å². The number of likely N-dealkylation sites (tertiary alicyclic amines) is 1. The molecule has 0 bridgehead atoms. The first kappa shape index (κ1) is 11.9. The zero-order valence-corrected chi connectivity index (χ0v) is 10.7. The van der Waals surface area contributed by atoms with E-state index in [0.717, 1.165) is 44.5 Å². The van der Waals surface area contributed by atoms with Crippen LogP contribution < -0.4 is 0 Å². The lowest BCUT2D eigenvalue weighted by Crippen LogP contribution is -2.40. The molecule has 0 radical (unpaired) electrons. The molecular formula is C14H20N2O2. The van der Waals surface area contributed by atoms with Crippen LogP contribution in [0.3, 0.4) is 0 Å². The zero-order chi connectivity index (χ0) is 12.4. The second kappa shape index (κ2) is 5.22. The number of nitrogens with zero attached hydrogens (tertiary/aromatic N) is 2. The van der Waals surface area contributed by atoms with Crippen molar-refractivity contribution in [1.82, 2.24) is 10.1 Å². The van der Waals surface area contributed by atoms with Crippen LogP contribution in [0, 0.1) is 5.92 Å². The fraction of sp³-hybridized carbons (Fsp3) is 0.714. The fourth-order valence-electron chi connectivity index (χ4n) is 3.44. The highest BCUT2D eigenvalue weighted by Crippen LogP contribution is 2.33. The molecule has 2 unspecified atom stereocenters. The van der Waals surface area contributed by atoms with Crippen LogP contribution in [0.15, 0.2) is 16.8 Å². The summed E-state index contributed by atoms with van der Waals surface area (Å²) < 4.78 is 5.18. The molecule has 0 spiro atoms. The van der Waals surface area contributed by atoms with E-state index in [0.29, 0.717) is 11.8 Å². The van der Waals surface area contributed by atoms with Gasteiger partial charge in [-0.15, -0.1) is 0 Å². The van der Waals surface area contributed by atoms with Crippen molar-refractivity contribution >= 4 is 5.78 Å². The molecule has 4 nitrogen and oxygen atoms in total. The molecule has 4 heteroatoms. The molecule has 1 aromatic rings. The van der Waals surface area contributed by atoms with Gasteiger partial charge in [0.15, 0.2) is 5.76 Å². The Kier molecular flexibility index (Phi) is 3.46. The van der Waals surface area contributed by atoms with E-state index in [-0.39, 0.29) is 5.92 Å². The molecule has 2 aliphatic rings. The third-order valence-electron chi connectivity index (χ3n) is 4.33. The van der Waals surface area contributed by atoms with Crippen molar-refractivity contribution in [3.63, 3.8) is 0 Å². The summed E-state index contributed by atoms with van der Waals surface area (Å²) in [4.78, 5) is 14.5. The number of hydrogen-bond acceptors (Lipinski definition) is 4. The molecule has 2 fully saturated rings. The Labute approximate surface area is 107 Å². The molecule has 3 rings (SSSR count). The Balaban J connectivity index is 1.68. The molecule has 1 saturated heterocycles. The number of carbonyl (C=O) groups is 1. The quantitative estimate of drug-likeness (QED) is 0.824. The maximum atomic E-state index is 12.1. The first-order chi connectivity index (χ1) is 8.84. The molecule has 1 aliphatic heterocycles. The Morgan fingerprint density at radius 3 is 3.06 bits per heavy atom.